The number of hydrogen-bond donors (Lipinski definition) is 1. The summed E-state index contributed by atoms with van der Waals surface area (Å²) in [6.07, 6.45) is 0.775. The Kier molecular flexibility index (Phi) is 7.41. The van der Waals surface area contributed by atoms with E-state index in [1.165, 1.54) is 11.3 Å². The maximum Gasteiger partial charge on any atom is 0.258 e. The molecule has 5 heteroatoms. The number of benzene rings is 3. The summed E-state index contributed by atoms with van der Waals surface area (Å²) < 4.78 is 5.89. The van der Waals surface area contributed by atoms with Crippen molar-refractivity contribution in [1.29, 1.82) is 0 Å². The third kappa shape index (κ3) is 5.89. The molecule has 166 valence electrons. The number of likely N-dealkylation sites (N-methyl/N-ethyl adjacent to an activating group) is 1. The summed E-state index contributed by atoms with van der Waals surface area (Å²) in [6.45, 7) is 4.61. The van der Waals surface area contributed by atoms with Crippen LogP contribution in [0.1, 0.15) is 16.7 Å². The minimum atomic E-state index is -0.118. The highest BCUT2D eigenvalue weighted by Crippen LogP contribution is 2.23. The molecule has 0 aromatic heterocycles. The Bertz CT molecular complexity index is 1010. The van der Waals surface area contributed by atoms with Crippen LogP contribution in [0.4, 0.5) is 5.69 Å². The fraction of sp³-hybridized carbons (Fsp3) is 0.296. The third-order valence-electron chi connectivity index (χ3n) is 5.88. The van der Waals surface area contributed by atoms with Crippen molar-refractivity contribution < 1.29 is 9.53 Å². The fourth-order valence-corrected chi connectivity index (χ4v) is 4.01. The maximum absolute atomic E-state index is 12.5. The number of rotatable bonds is 8. The first-order chi connectivity index (χ1) is 15.7. The van der Waals surface area contributed by atoms with Crippen molar-refractivity contribution >= 4 is 11.6 Å². The van der Waals surface area contributed by atoms with Crippen LogP contribution in [-0.4, -0.2) is 50.6 Å². The van der Waals surface area contributed by atoms with E-state index < -0.39 is 0 Å². The molecular formula is C27H31N3O2. The molecule has 0 bridgehead atoms. The minimum absolute atomic E-state index is 0.00246. The summed E-state index contributed by atoms with van der Waals surface area (Å²) in [4.78, 5) is 17.3. The molecule has 4 rings (SSSR count). The van der Waals surface area contributed by atoms with Gasteiger partial charge in [-0.3, -0.25) is 4.79 Å². The summed E-state index contributed by atoms with van der Waals surface area (Å²) in [6, 6.07) is 26.5. The molecule has 1 heterocycles. The van der Waals surface area contributed by atoms with Gasteiger partial charge >= 0.3 is 0 Å². The van der Waals surface area contributed by atoms with E-state index in [9.17, 15) is 4.79 Å². The van der Waals surface area contributed by atoms with Gasteiger partial charge in [0.05, 0.1) is 0 Å². The number of nitrogens with zero attached hydrogens (tertiary/aromatic N) is 2. The Morgan fingerprint density at radius 2 is 1.50 bits per heavy atom. The van der Waals surface area contributed by atoms with Gasteiger partial charge in [-0.05, 0) is 35.9 Å². The van der Waals surface area contributed by atoms with Crippen LogP contribution in [0, 0.1) is 0 Å². The number of para-hydroxylation sites is 2. The summed E-state index contributed by atoms with van der Waals surface area (Å²) in [5.41, 5.74) is 4.63. The molecule has 32 heavy (non-hydrogen) atoms. The van der Waals surface area contributed by atoms with Crippen molar-refractivity contribution in [1.82, 2.24) is 10.2 Å². The molecule has 5 nitrogen and oxygen atoms in total. The molecule has 0 atom stereocenters. The highest BCUT2D eigenvalue weighted by molar-refractivity contribution is 5.77. The Morgan fingerprint density at radius 1 is 0.844 bits per heavy atom. The highest BCUT2D eigenvalue weighted by atomic mass is 16.5. The molecule has 1 fully saturated rings. The van der Waals surface area contributed by atoms with E-state index in [1.807, 2.05) is 48.5 Å². The lowest BCUT2D eigenvalue weighted by Crippen LogP contribution is -2.45. The standard InChI is InChI=1S/C27H31N3O2/c1-29-15-17-30(18-16-29)25-13-7-5-12-24(25)20-28-27(31)21-32-26-14-8-6-11-23(26)19-22-9-3-2-4-10-22/h2-14H,15-21H2,1H3,(H,28,31). The monoisotopic (exact) mass is 429 g/mol. The summed E-state index contributed by atoms with van der Waals surface area (Å²) in [5, 5.41) is 3.03. The second kappa shape index (κ2) is 10.8. The predicted molar refractivity (Wildman–Crippen MR) is 129 cm³/mol. The van der Waals surface area contributed by atoms with Crippen LogP contribution < -0.4 is 15.0 Å². The lowest BCUT2D eigenvalue weighted by molar-refractivity contribution is -0.123. The van der Waals surface area contributed by atoms with Gasteiger partial charge in [0.1, 0.15) is 5.75 Å². The number of anilines is 1. The van der Waals surface area contributed by atoms with Gasteiger partial charge in [0, 0.05) is 44.8 Å². The zero-order valence-corrected chi connectivity index (χ0v) is 18.7. The molecule has 0 spiro atoms. The van der Waals surface area contributed by atoms with Gasteiger partial charge in [0.15, 0.2) is 6.61 Å². The molecule has 1 saturated heterocycles. The van der Waals surface area contributed by atoms with E-state index in [2.05, 4.69) is 52.5 Å². The second-order valence-corrected chi connectivity index (χ2v) is 8.25. The first-order valence-corrected chi connectivity index (χ1v) is 11.2. The summed E-state index contributed by atoms with van der Waals surface area (Å²) in [5.74, 6) is 0.636. The zero-order valence-electron chi connectivity index (χ0n) is 18.7. The Hall–Kier alpha value is -3.31. The largest absolute Gasteiger partial charge is 0.483 e. The molecule has 1 amide bonds. The zero-order chi connectivity index (χ0) is 22.2. The van der Waals surface area contributed by atoms with Crippen molar-refractivity contribution in [3.05, 3.63) is 95.6 Å². The van der Waals surface area contributed by atoms with Crippen molar-refractivity contribution in [2.45, 2.75) is 13.0 Å². The van der Waals surface area contributed by atoms with E-state index in [0.717, 1.165) is 49.5 Å². The molecule has 0 radical (unpaired) electrons. The van der Waals surface area contributed by atoms with Gasteiger partial charge in [-0.15, -0.1) is 0 Å². The highest BCUT2D eigenvalue weighted by Gasteiger charge is 2.17. The molecule has 0 aliphatic carbocycles. The van der Waals surface area contributed by atoms with Crippen LogP contribution in [0.3, 0.4) is 0 Å². The molecule has 0 unspecified atom stereocenters. The first kappa shape index (κ1) is 21.9. The van der Waals surface area contributed by atoms with E-state index >= 15 is 0 Å². The third-order valence-corrected chi connectivity index (χ3v) is 5.88. The topological polar surface area (TPSA) is 44.8 Å². The van der Waals surface area contributed by atoms with E-state index in [-0.39, 0.29) is 12.5 Å². The van der Waals surface area contributed by atoms with Gasteiger partial charge < -0.3 is 19.9 Å². The molecule has 3 aromatic carbocycles. The molecule has 1 aliphatic heterocycles. The number of piperazine rings is 1. The molecule has 3 aromatic rings. The van der Waals surface area contributed by atoms with Gasteiger partial charge in [-0.2, -0.15) is 0 Å². The predicted octanol–water partition coefficient (Wildman–Crippen LogP) is 3.72. The fourth-order valence-electron chi connectivity index (χ4n) is 4.01. The van der Waals surface area contributed by atoms with Crippen LogP contribution in [-0.2, 0) is 17.8 Å². The van der Waals surface area contributed by atoms with Gasteiger partial charge in [0.2, 0.25) is 0 Å². The number of carbonyl (C=O) groups excluding carboxylic acids is 1. The molecule has 1 aliphatic rings. The van der Waals surface area contributed by atoms with Gasteiger partial charge in [-0.1, -0.05) is 66.7 Å². The van der Waals surface area contributed by atoms with Crippen LogP contribution in [0.5, 0.6) is 5.75 Å². The number of hydrogen-bond acceptors (Lipinski definition) is 4. The minimum Gasteiger partial charge on any atom is -0.483 e. The van der Waals surface area contributed by atoms with Crippen molar-refractivity contribution in [3.8, 4) is 5.75 Å². The molecule has 1 N–H and O–H groups in total. The molecular weight excluding hydrogens is 398 g/mol. The van der Waals surface area contributed by atoms with Crippen LogP contribution in [0.2, 0.25) is 0 Å². The number of carbonyl (C=O) groups is 1. The normalized spacial score (nSPS) is 14.2. The van der Waals surface area contributed by atoms with E-state index in [4.69, 9.17) is 4.74 Å². The van der Waals surface area contributed by atoms with Crippen molar-refractivity contribution in [2.24, 2.45) is 0 Å². The number of ether oxygens (including phenoxy) is 1. The first-order valence-electron chi connectivity index (χ1n) is 11.2. The number of amides is 1. The molecule has 0 saturated carbocycles. The van der Waals surface area contributed by atoms with Gasteiger partial charge in [-0.25, -0.2) is 0 Å². The van der Waals surface area contributed by atoms with Gasteiger partial charge in [0.25, 0.3) is 5.91 Å². The lowest BCUT2D eigenvalue weighted by atomic mass is 10.0. The lowest BCUT2D eigenvalue weighted by Gasteiger charge is -2.35. The Balaban J connectivity index is 1.32. The Labute approximate surface area is 190 Å². The van der Waals surface area contributed by atoms with E-state index in [0.29, 0.717) is 6.54 Å². The van der Waals surface area contributed by atoms with Crippen LogP contribution in [0.25, 0.3) is 0 Å². The van der Waals surface area contributed by atoms with Crippen LogP contribution >= 0.6 is 0 Å². The number of nitrogens with one attached hydrogen (secondary N) is 1. The van der Waals surface area contributed by atoms with Crippen molar-refractivity contribution in [2.75, 3.05) is 44.7 Å². The smallest absolute Gasteiger partial charge is 0.258 e. The van der Waals surface area contributed by atoms with Crippen LogP contribution in [0.15, 0.2) is 78.9 Å². The van der Waals surface area contributed by atoms with E-state index in [1.54, 1.807) is 0 Å². The maximum atomic E-state index is 12.5. The summed E-state index contributed by atoms with van der Waals surface area (Å²) in [7, 11) is 2.15. The second-order valence-electron chi connectivity index (χ2n) is 8.25. The Morgan fingerprint density at radius 3 is 2.28 bits per heavy atom. The average molecular weight is 430 g/mol. The average Bonchev–Trinajstić information content (AvgIpc) is 2.83. The quantitative estimate of drug-likeness (QED) is 0.593. The summed E-state index contributed by atoms with van der Waals surface area (Å²) >= 11 is 0. The SMILES string of the molecule is CN1CCN(c2ccccc2CNC(=O)COc2ccccc2Cc2ccccc2)CC1. The van der Waals surface area contributed by atoms with Crippen molar-refractivity contribution in [3.63, 3.8) is 0 Å².